The van der Waals surface area contributed by atoms with E-state index in [1.54, 1.807) is 0 Å². The quantitative estimate of drug-likeness (QED) is 0.493. The van der Waals surface area contributed by atoms with E-state index in [9.17, 15) is 10.1 Å². The second kappa shape index (κ2) is 9.39. The summed E-state index contributed by atoms with van der Waals surface area (Å²) in [6.07, 6.45) is 1.37. The van der Waals surface area contributed by atoms with Crippen LogP contribution >= 0.6 is 0 Å². The first kappa shape index (κ1) is 24.9. The van der Waals surface area contributed by atoms with E-state index in [0.29, 0.717) is 24.3 Å². The molecular formula is C27H38N2O2. The van der Waals surface area contributed by atoms with Crippen LogP contribution in [0.1, 0.15) is 85.3 Å². The summed E-state index contributed by atoms with van der Waals surface area (Å²) in [4.78, 5) is 18.4. The van der Waals surface area contributed by atoms with Gasteiger partial charge in [-0.3, -0.25) is 4.99 Å². The van der Waals surface area contributed by atoms with Gasteiger partial charge in [-0.25, -0.2) is 4.79 Å². The standard InChI is InChI=1S/C27H38N2O2/c1-17(2)14-21-24(25(30)31-27(7,8)9)23(19-12-10-18(3)11-13-19)20(16-28)22(29-21)15-26(4,5)6/h10-13,17,20,23H,14-15H2,1-9H3. The highest BCUT2D eigenvalue weighted by atomic mass is 16.6. The number of rotatable bonds is 5. The second-order valence-corrected chi connectivity index (χ2v) is 11.3. The number of aliphatic imine (C=N–C) groups is 1. The van der Waals surface area contributed by atoms with Gasteiger partial charge in [0.15, 0.2) is 0 Å². The summed E-state index contributed by atoms with van der Waals surface area (Å²) in [6.45, 7) is 18.3. The summed E-state index contributed by atoms with van der Waals surface area (Å²) < 4.78 is 5.82. The first-order valence-corrected chi connectivity index (χ1v) is 11.2. The molecule has 1 aromatic carbocycles. The van der Waals surface area contributed by atoms with E-state index in [0.717, 1.165) is 22.5 Å². The Hall–Kier alpha value is -2.41. The normalized spacial score (nSPS) is 19.8. The van der Waals surface area contributed by atoms with Crippen LogP contribution in [0.3, 0.4) is 0 Å². The van der Waals surface area contributed by atoms with Crippen LogP contribution in [0, 0.1) is 35.5 Å². The molecule has 2 unspecified atom stereocenters. The molecule has 0 aromatic heterocycles. The molecule has 0 radical (unpaired) electrons. The number of allylic oxidation sites excluding steroid dienone is 1. The molecule has 0 spiro atoms. The average Bonchev–Trinajstić information content (AvgIpc) is 2.58. The van der Waals surface area contributed by atoms with Gasteiger partial charge in [-0.15, -0.1) is 0 Å². The summed E-state index contributed by atoms with van der Waals surface area (Å²) in [6, 6.07) is 10.6. The summed E-state index contributed by atoms with van der Waals surface area (Å²) in [5.41, 5.74) is 3.63. The number of carbonyl (C=O) groups is 1. The zero-order valence-electron chi connectivity index (χ0n) is 20.7. The summed E-state index contributed by atoms with van der Waals surface area (Å²) in [7, 11) is 0. The highest BCUT2D eigenvalue weighted by Crippen LogP contribution is 2.43. The highest BCUT2D eigenvalue weighted by molar-refractivity contribution is 5.99. The van der Waals surface area contributed by atoms with Crippen LogP contribution < -0.4 is 0 Å². The van der Waals surface area contributed by atoms with Crippen LogP contribution in [-0.4, -0.2) is 17.3 Å². The lowest BCUT2D eigenvalue weighted by atomic mass is 9.72. The van der Waals surface area contributed by atoms with E-state index >= 15 is 0 Å². The van der Waals surface area contributed by atoms with Gasteiger partial charge in [0.2, 0.25) is 0 Å². The number of hydrogen-bond donors (Lipinski definition) is 0. The lowest BCUT2D eigenvalue weighted by Gasteiger charge is -2.34. The van der Waals surface area contributed by atoms with Gasteiger partial charge in [-0.05, 0) is 57.4 Å². The molecule has 2 rings (SSSR count). The minimum Gasteiger partial charge on any atom is -0.457 e. The number of benzene rings is 1. The molecule has 1 aromatic rings. The third-order valence-corrected chi connectivity index (χ3v) is 5.10. The molecule has 1 heterocycles. The van der Waals surface area contributed by atoms with Crippen molar-refractivity contribution in [2.75, 3.05) is 0 Å². The van der Waals surface area contributed by atoms with Crippen molar-refractivity contribution in [1.29, 1.82) is 5.26 Å². The Morgan fingerprint density at radius 2 is 1.71 bits per heavy atom. The summed E-state index contributed by atoms with van der Waals surface area (Å²) in [5, 5.41) is 10.2. The Morgan fingerprint density at radius 1 is 1.13 bits per heavy atom. The predicted octanol–water partition coefficient (Wildman–Crippen LogP) is 6.75. The molecule has 168 valence electrons. The SMILES string of the molecule is Cc1ccc(C2C(C(=O)OC(C)(C)C)=C(CC(C)C)N=C(CC(C)(C)C)C2C#N)cc1. The van der Waals surface area contributed by atoms with Crippen molar-refractivity contribution in [3.8, 4) is 6.07 Å². The maximum absolute atomic E-state index is 13.5. The van der Waals surface area contributed by atoms with Gasteiger partial charge < -0.3 is 4.74 Å². The first-order chi connectivity index (χ1) is 14.2. The second-order valence-electron chi connectivity index (χ2n) is 11.3. The number of aryl methyl sites for hydroxylation is 1. The Balaban J connectivity index is 2.77. The lowest BCUT2D eigenvalue weighted by molar-refractivity contribution is -0.150. The van der Waals surface area contributed by atoms with Crippen LogP contribution in [0.4, 0.5) is 0 Å². The molecule has 4 nitrogen and oxygen atoms in total. The molecule has 0 N–H and O–H groups in total. The van der Waals surface area contributed by atoms with Gasteiger partial charge in [-0.1, -0.05) is 64.4 Å². The first-order valence-electron chi connectivity index (χ1n) is 11.2. The molecule has 0 aliphatic carbocycles. The van der Waals surface area contributed by atoms with Gasteiger partial charge in [0, 0.05) is 11.6 Å². The number of esters is 1. The third-order valence-electron chi connectivity index (χ3n) is 5.10. The van der Waals surface area contributed by atoms with Crippen molar-refractivity contribution in [3.63, 3.8) is 0 Å². The molecule has 1 aliphatic rings. The Morgan fingerprint density at radius 3 is 2.16 bits per heavy atom. The molecule has 31 heavy (non-hydrogen) atoms. The van der Waals surface area contributed by atoms with Crippen molar-refractivity contribution >= 4 is 11.7 Å². The van der Waals surface area contributed by atoms with Gasteiger partial charge in [0.25, 0.3) is 0 Å². The van der Waals surface area contributed by atoms with Crippen LogP contribution in [0.25, 0.3) is 0 Å². The molecule has 0 saturated carbocycles. The fourth-order valence-corrected chi connectivity index (χ4v) is 3.94. The van der Waals surface area contributed by atoms with E-state index in [1.807, 2.05) is 52.0 Å². The van der Waals surface area contributed by atoms with Gasteiger partial charge in [-0.2, -0.15) is 5.26 Å². The molecule has 0 fully saturated rings. The average molecular weight is 423 g/mol. The fourth-order valence-electron chi connectivity index (χ4n) is 3.94. The summed E-state index contributed by atoms with van der Waals surface area (Å²) in [5.74, 6) is -0.929. The van der Waals surface area contributed by atoms with E-state index in [4.69, 9.17) is 9.73 Å². The van der Waals surface area contributed by atoms with Crippen LogP contribution in [0.5, 0.6) is 0 Å². The Labute approximate surface area is 188 Å². The van der Waals surface area contributed by atoms with E-state index < -0.39 is 11.5 Å². The molecule has 4 heteroatoms. The minimum atomic E-state index is -0.623. The predicted molar refractivity (Wildman–Crippen MR) is 127 cm³/mol. The van der Waals surface area contributed by atoms with E-state index in [-0.39, 0.29) is 17.3 Å². The van der Waals surface area contributed by atoms with Crippen molar-refractivity contribution in [3.05, 3.63) is 46.7 Å². The van der Waals surface area contributed by atoms with Crippen LogP contribution in [0.15, 0.2) is 40.5 Å². The number of hydrogen-bond acceptors (Lipinski definition) is 4. The molecule has 0 saturated heterocycles. The lowest BCUT2D eigenvalue weighted by Crippen LogP contribution is -2.35. The number of nitrogens with zero attached hydrogens (tertiary/aromatic N) is 2. The van der Waals surface area contributed by atoms with Crippen molar-refractivity contribution < 1.29 is 9.53 Å². The van der Waals surface area contributed by atoms with Crippen LogP contribution in [0.2, 0.25) is 0 Å². The van der Waals surface area contributed by atoms with Crippen molar-refractivity contribution in [2.24, 2.45) is 22.2 Å². The molecule has 0 bridgehead atoms. The number of carbonyl (C=O) groups excluding carboxylic acids is 1. The third kappa shape index (κ3) is 6.79. The van der Waals surface area contributed by atoms with Gasteiger partial charge in [0.05, 0.1) is 23.3 Å². The topological polar surface area (TPSA) is 62.4 Å². The van der Waals surface area contributed by atoms with E-state index in [1.165, 1.54) is 0 Å². The zero-order chi connectivity index (χ0) is 23.6. The molecular weight excluding hydrogens is 384 g/mol. The maximum atomic E-state index is 13.5. The molecule has 0 amide bonds. The van der Waals surface area contributed by atoms with Gasteiger partial charge >= 0.3 is 5.97 Å². The largest absolute Gasteiger partial charge is 0.457 e. The zero-order valence-corrected chi connectivity index (χ0v) is 20.7. The Kier molecular flexibility index (Phi) is 7.53. The maximum Gasteiger partial charge on any atom is 0.337 e. The van der Waals surface area contributed by atoms with E-state index in [2.05, 4.69) is 40.7 Å². The molecule has 2 atom stereocenters. The number of nitriles is 1. The van der Waals surface area contributed by atoms with Crippen molar-refractivity contribution in [1.82, 2.24) is 0 Å². The Bertz CT molecular complexity index is 901. The fraction of sp³-hybridized carbons (Fsp3) is 0.593. The van der Waals surface area contributed by atoms with Crippen molar-refractivity contribution in [2.45, 2.75) is 86.7 Å². The number of ether oxygens (including phenoxy) is 1. The highest BCUT2D eigenvalue weighted by Gasteiger charge is 2.41. The van der Waals surface area contributed by atoms with Gasteiger partial charge in [0.1, 0.15) is 5.60 Å². The van der Waals surface area contributed by atoms with Crippen LogP contribution in [-0.2, 0) is 9.53 Å². The minimum absolute atomic E-state index is 0.0158. The molecule has 1 aliphatic heterocycles. The summed E-state index contributed by atoms with van der Waals surface area (Å²) >= 11 is 0. The monoisotopic (exact) mass is 422 g/mol. The smallest absolute Gasteiger partial charge is 0.337 e.